The standard InChI is InChI=1S/C20H26N2O3S2/c23-19(21-13-6-10-17-8-2-1-3-9-17)16-18-11-4-5-14-22(18)27(24,25)20-12-7-15-26-20/h1-3,7-9,12,15,18H,4-6,10-11,13-14,16H2,(H,21,23). The van der Waals surface area contributed by atoms with Gasteiger partial charge in [0.15, 0.2) is 0 Å². The molecule has 7 heteroatoms. The van der Waals surface area contributed by atoms with Gasteiger partial charge >= 0.3 is 0 Å². The highest BCUT2D eigenvalue weighted by Gasteiger charge is 2.35. The summed E-state index contributed by atoms with van der Waals surface area (Å²) < 4.78 is 27.6. The topological polar surface area (TPSA) is 66.5 Å². The minimum atomic E-state index is -3.50. The first-order chi connectivity index (χ1) is 13.1. The molecule has 1 atom stereocenters. The number of amides is 1. The fraction of sp³-hybridized carbons (Fsp3) is 0.450. The molecule has 1 unspecified atom stereocenters. The van der Waals surface area contributed by atoms with Gasteiger partial charge in [0.1, 0.15) is 4.21 Å². The van der Waals surface area contributed by atoms with Crippen molar-refractivity contribution < 1.29 is 13.2 Å². The fourth-order valence-corrected chi connectivity index (χ4v) is 6.28. The third-order valence-corrected chi connectivity index (χ3v) is 8.18. The van der Waals surface area contributed by atoms with Gasteiger partial charge in [0.25, 0.3) is 10.0 Å². The number of piperidine rings is 1. The molecule has 1 saturated heterocycles. The predicted octanol–water partition coefficient (Wildman–Crippen LogP) is 3.43. The number of benzene rings is 1. The molecule has 0 saturated carbocycles. The Bertz CT molecular complexity index is 820. The number of carbonyl (C=O) groups is 1. The lowest BCUT2D eigenvalue weighted by atomic mass is 10.0. The van der Waals surface area contributed by atoms with Crippen LogP contribution in [0.4, 0.5) is 0 Å². The lowest BCUT2D eigenvalue weighted by Crippen LogP contribution is -2.45. The molecule has 27 heavy (non-hydrogen) atoms. The number of carbonyl (C=O) groups excluding carboxylic acids is 1. The van der Waals surface area contributed by atoms with Crippen molar-refractivity contribution in [3.8, 4) is 0 Å². The van der Waals surface area contributed by atoms with E-state index in [0.717, 1.165) is 32.1 Å². The van der Waals surface area contributed by atoms with Gasteiger partial charge < -0.3 is 5.32 Å². The second-order valence-corrected chi connectivity index (χ2v) is 9.91. The lowest BCUT2D eigenvalue weighted by Gasteiger charge is -2.34. The molecule has 1 amide bonds. The van der Waals surface area contributed by atoms with Crippen LogP contribution in [0.1, 0.15) is 37.7 Å². The van der Waals surface area contributed by atoms with Crippen molar-refractivity contribution in [2.75, 3.05) is 13.1 Å². The smallest absolute Gasteiger partial charge is 0.252 e. The van der Waals surface area contributed by atoms with E-state index in [1.807, 2.05) is 18.2 Å². The van der Waals surface area contributed by atoms with Crippen molar-refractivity contribution in [3.05, 3.63) is 53.4 Å². The van der Waals surface area contributed by atoms with Crippen LogP contribution in [0.25, 0.3) is 0 Å². The number of nitrogens with zero attached hydrogens (tertiary/aromatic N) is 1. The van der Waals surface area contributed by atoms with Crippen molar-refractivity contribution in [3.63, 3.8) is 0 Å². The van der Waals surface area contributed by atoms with E-state index in [1.165, 1.54) is 21.2 Å². The molecule has 1 aliphatic rings. The van der Waals surface area contributed by atoms with E-state index in [1.54, 1.807) is 17.5 Å². The van der Waals surface area contributed by atoms with Crippen molar-refractivity contribution in [2.45, 2.75) is 48.8 Å². The summed E-state index contributed by atoms with van der Waals surface area (Å²) in [6.07, 6.45) is 4.57. The quantitative estimate of drug-likeness (QED) is 0.683. The minimum absolute atomic E-state index is 0.0682. The van der Waals surface area contributed by atoms with Crippen molar-refractivity contribution in [1.29, 1.82) is 0 Å². The van der Waals surface area contributed by atoms with Crippen LogP contribution >= 0.6 is 11.3 Å². The first-order valence-corrected chi connectivity index (χ1v) is 11.8. The maximum atomic E-state index is 12.9. The third kappa shape index (κ3) is 5.40. The molecule has 146 valence electrons. The van der Waals surface area contributed by atoms with E-state index in [0.29, 0.717) is 17.3 Å². The van der Waals surface area contributed by atoms with Crippen LogP contribution in [-0.2, 0) is 21.2 Å². The fourth-order valence-electron chi connectivity index (χ4n) is 3.47. The second-order valence-electron chi connectivity index (χ2n) is 6.84. The van der Waals surface area contributed by atoms with Gasteiger partial charge in [-0.1, -0.05) is 42.8 Å². The van der Waals surface area contributed by atoms with Crippen molar-refractivity contribution >= 4 is 27.3 Å². The highest BCUT2D eigenvalue weighted by atomic mass is 32.2. The molecule has 2 heterocycles. The summed E-state index contributed by atoms with van der Waals surface area (Å²) in [5, 5.41) is 4.72. The van der Waals surface area contributed by atoms with Crippen LogP contribution in [0.2, 0.25) is 0 Å². The van der Waals surface area contributed by atoms with E-state index in [4.69, 9.17) is 0 Å². The molecule has 1 fully saturated rings. The molecule has 2 aromatic rings. The average Bonchev–Trinajstić information content (AvgIpc) is 3.22. The maximum Gasteiger partial charge on any atom is 0.252 e. The van der Waals surface area contributed by atoms with Gasteiger partial charge in [-0.25, -0.2) is 8.42 Å². The third-order valence-electron chi connectivity index (χ3n) is 4.86. The summed E-state index contributed by atoms with van der Waals surface area (Å²) in [4.78, 5) is 12.4. The highest BCUT2D eigenvalue weighted by Crippen LogP contribution is 2.29. The number of thiophene rings is 1. The monoisotopic (exact) mass is 406 g/mol. The van der Waals surface area contributed by atoms with Crippen LogP contribution in [0.5, 0.6) is 0 Å². The molecular formula is C20H26N2O3S2. The molecule has 0 bridgehead atoms. The SMILES string of the molecule is O=C(CC1CCCCN1S(=O)(=O)c1cccs1)NCCCc1ccccc1. The van der Waals surface area contributed by atoms with Gasteiger partial charge in [-0.3, -0.25) is 4.79 Å². The highest BCUT2D eigenvalue weighted by molar-refractivity contribution is 7.91. The Hall–Kier alpha value is -1.70. The summed E-state index contributed by atoms with van der Waals surface area (Å²) >= 11 is 1.23. The van der Waals surface area contributed by atoms with E-state index in [-0.39, 0.29) is 18.4 Å². The summed E-state index contributed by atoms with van der Waals surface area (Å²) in [5.74, 6) is -0.0682. The molecule has 3 rings (SSSR count). The second kappa shape index (κ2) is 9.48. The zero-order chi connectivity index (χ0) is 19.1. The van der Waals surface area contributed by atoms with E-state index in [2.05, 4.69) is 17.4 Å². The zero-order valence-electron chi connectivity index (χ0n) is 15.3. The Balaban J connectivity index is 1.51. The summed E-state index contributed by atoms with van der Waals surface area (Å²) in [7, 11) is -3.50. The molecule has 1 aromatic carbocycles. The van der Waals surface area contributed by atoms with Crippen LogP contribution in [0, 0.1) is 0 Å². The number of sulfonamides is 1. The Labute approximate surface area is 165 Å². The maximum absolute atomic E-state index is 12.9. The van der Waals surface area contributed by atoms with Gasteiger partial charge in [0, 0.05) is 25.6 Å². The first-order valence-electron chi connectivity index (χ1n) is 9.43. The van der Waals surface area contributed by atoms with Gasteiger partial charge in [-0.15, -0.1) is 11.3 Å². The van der Waals surface area contributed by atoms with Gasteiger partial charge in [-0.05, 0) is 42.7 Å². The van der Waals surface area contributed by atoms with Crippen LogP contribution in [-0.4, -0.2) is 37.8 Å². The minimum Gasteiger partial charge on any atom is -0.356 e. The van der Waals surface area contributed by atoms with Crippen molar-refractivity contribution in [2.24, 2.45) is 0 Å². The number of aryl methyl sites for hydroxylation is 1. The summed E-state index contributed by atoms with van der Waals surface area (Å²) in [6.45, 7) is 1.10. The first kappa shape index (κ1) is 20.0. The van der Waals surface area contributed by atoms with Gasteiger partial charge in [-0.2, -0.15) is 4.31 Å². The molecule has 1 N–H and O–H groups in total. The largest absolute Gasteiger partial charge is 0.356 e. The van der Waals surface area contributed by atoms with E-state index >= 15 is 0 Å². The Morgan fingerprint density at radius 3 is 2.70 bits per heavy atom. The Morgan fingerprint density at radius 2 is 1.96 bits per heavy atom. The number of hydrogen-bond acceptors (Lipinski definition) is 4. The summed E-state index contributed by atoms with van der Waals surface area (Å²) in [5.41, 5.74) is 1.26. The van der Waals surface area contributed by atoms with Crippen LogP contribution < -0.4 is 5.32 Å². The molecule has 0 aliphatic carbocycles. The predicted molar refractivity (Wildman–Crippen MR) is 108 cm³/mol. The normalized spacial score (nSPS) is 18.3. The Morgan fingerprint density at radius 1 is 1.15 bits per heavy atom. The number of rotatable bonds is 8. The van der Waals surface area contributed by atoms with Gasteiger partial charge in [0.2, 0.25) is 5.91 Å². The lowest BCUT2D eigenvalue weighted by molar-refractivity contribution is -0.122. The van der Waals surface area contributed by atoms with Gasteiger partial charge in [0.05, 0.1) is 0 Å². The van der Waals surface area contributed by atoms with Crippen LogP contribution in [0.15, 0.2) is 52.1 Å². The van der Waals surface area contributed by atoms with Crippen LogP contribution in [0.3, 0.4) is 0 Å². The Kier molecular flexibility index (Phi) is 7.04. The molecule has 0 radical (unpaired) electrons. The molecular weight excluding hydrogens is 380 g/mol. The van der Waals surface area contributed by atoms with Crippen molar-refractivity contribution in [1.82, 2.24) is 9.62 Å². The zero-order valence-corrected chi connectivity index (χ0v) is 17.0. The van der Waals surface area contributed by atoms with E-state index < -0.39 is 10.0 Å². The number of nitrogens with one attached hydrogen (secondary N) is 1. The molecule has 5 nitrogen and oxygen atoms in total. The number of hydrogen-bond donors (Lipinski definition) is 1. The van der Waals surface area contributed by atoms with E-state index in [9.17, 15) is 13.2 Å². The average molecular weight is 407 g/mol. The molecule has 0 spiro atoms. The summed E-state index contributed by atoms with van der Waals surface area (Å²) in [6, 6.07) is 13.3. The molecule has 1 aromatic heterocycles. The molecule has 1 aliphatic heterocycles.